The van der Waals surface area contributed by atoms with Crippen LogP contribution >= 0.6 is 12.4 Å². The van der Waals surface area contributed by atoms with Gasteiger partial charge in [-0.15, -0.1) is 12.4 Å². The van der Waals surface area contributed by atoms with Crippen molar-refractivity contribution in [3.63, 3.8) is 0 Å². The van der Waals surface area contributed by atoms with Gasteiger partial charge in [-0.1, -0.05) is 18.6 Å². The maximum absolute atomic E-state index is 9.42. The smallest absolute Gasteiger partial charge is 0.118 e. The van der Waals surface area contributed by atoms with E-state index in [-0.39, 0.29) is 12.4 Å². The van der Waals surface area contributed by atoms with Gasteiger partial charge in [-0.3, -0.25) is 0 Å². The molecule has 1 fully saturated rings. The molecule has 0 amide bonds. The molecule has 0 aliphatic carbocycles. The lowest BCUT2D eigenvalue weighted by Gasteiger charge is -2.24. The molecule has 0 aromatic heterocycles. The summed E-state index contributed by atoms with van der Waals surface area (Å²) < 4.78 is 0. The third kappa shape index (κ3) is 2.86. The van der Waals surface area contributed by atoms with Crippen molar-refractivity contribution in [1.29, 1.82) is 0 Å². The lowest BCUT2D eigenvalue weighted by atomic mass is 9.96. The number of halogens is 1. The molecule has 0 spiro atoms. The zero-order valence-corrected chi connectivity index (χ0v) is 9.81. The van der Waals surface area contributed by atoms with Crippen molar-refractivity contribution in [3.8, 4) is 5.75 Å². The Labute approximate surface area is 97.1 Å². The van der Waals surface area contributed by atoms with Crippen LogP contribution in [0.4, 0.5) is 0 Å². The van der Waals surface area contributed by atoms with Gasteiger partial charge in [-0.25, -0.2) is 0 Å². The number of phenolic OH excluding ortho intramolecular Hbond substituents is 1. The third-order valence-electron chi connectivity index (χ3n) is 2.93. The van der Waals surface area contributed by atoms with Gasteiger partial charge in [0, 0.05) is 6.04 Å². The third-order valence-corrected chi connectivity index (χ3v) is 2.93. The summed E-state index contributed by atoms with van der Waals surface area (Å²) in [6.07, 6.45) is 3.80. The molecule has 0 unspecified atom stereocenters. The Hall–Kier alpha value is -0.730. The standard InChI is InChI=1S/C12H17NO.ClH/c1-9-8-10(5-6-12(9)14)11-4-2-3-7-13-11;/h5-6,8,11,13-14H,2-4,7H2,1H3;1H/t11-;/m1./s1. The van der Waals surface area contributed by atoms with Crippen molar-refractivity contribution < 1.29 is 5.11 Å². The normalized spacial score (nSPS) is 20.7. The fourth-order valence-electron chi connectivity index (χ4n) is 2.03. The van der Waals surface area contributed by atoms with Gasteiger partial charge in [-0.2, -0.15) is 0 Å². The highest BCUT2D eigenvalue weighted by atomic mass is 35.5. The number of rotatable bonds is 1. The summed E-state index contributed by atoms with van der Waals surface area (Å²) in [5.41, 5.74) is 2.27. The molecule has 0 radical (unpaired) electrons. The van der Waals surface area contributed by atoms with Crippen LogP contribution in [-0.2, 0) is 0 Å². The second-order valence-electron chi connectivity index (χ2n) is 4.05. The predicted octanol–water partition coefficient (Wildman–Crippen LogP) is 2.94. The van der Waals surface area contributed by atoms with Crippen molar-refractivity contribution >= 4 is 12.4 Å². The molecule has 2 N–H and O–H groups in total. The number of hydrogen-bond acceptors (Lipinski definition) is 2. The van der Waals surface area contributed by atoms with Gasteiger partial charge in [0.15, 0.2) is 0 Å². The lowest BCUT2D eigenvalue weighted by Crippen LogP contribution is -2.26. The average Bonchev–Trinajstić information content (AvgIpc) is 2.23. The van der Waals surface area contributed by atoms with Gasteiger partial charge in [-0.05, 0) is 43.5 Å². The lowest BCUT2D eigenvalue weighted by molar-refractivity contribution is 0.411. The minimum atomic E-state index is 0. The molecule has 1 aromatic carbocycles. The highest BCUT2D eigenvalue weighted by Gasteiger charge is 2.14. The molecule has 84 valence electrons. The topological polar surface area (TPSA) is 32.3 Å². The first-order valence-electron chi connectivity index (χ1n) is 5.30. The number of aryl methyl sites for hydroxylation is 1. The Bertz CT molecular complexity index is 321. The highest BCUT2D eigenvalue weighted by molar-refractivity contribution is 5.85. The van der Waals surface area contributed by atoms with E-state index >= 15 is 0 Å². The van der Waals surface area contributed by atoms with Gasteiger partial charge in [0.25, 0.3) is 0 Å². The summed E-state index contributed by atoms with van der Waals surface area (Å²) >= 11 is 0. The Morgan fingerprint density at radius 2 is 2.13 bits per heavy atom. The van der Waals surface area contributed by atoms with E-state index in [1.54, 1.807) is 6.07 Å². The van der Waals surface area contributed by atoms with Crippen LogP contribution in [0.2, 0.25) is 0 Å². The molecule has 1 heterocycles. The van der Waals surface area contributed by atoms with Gasteiger partial charge in [0.05, 0.1) is 0 Å². The van der Waals surface area contributed by atoms with E-state index in [0.29, 0.717) is 11.8 Å². The largest absolute Gasteiger partial charge is 0.508 e. The Morgan fingerprint density at radius 3 is 2.73 bits per heavy atom. The maximum atomic E-state index is 9.42. The molecule has 1 saturated heterocycles. The van der Waals surface area contributed by atoms with E-state index in [9.17, 15) is 5.11 Å². The Morgan fingerprint density at radius 1 is 1.33 bits per heavy atom. The average molecular weight is 228 g/mol. The zero-order chi connectivity index (χ0) is 9.97. The number of piperidine rings is 1. The van der Waals surface area contributed by atoms with E-state index in [1.807, 2.05) is 13.0 Å². The molecule has 15 heavy (non-hydrogen) atoms. The monoisotopic (exact) mass is 227 g/mol. The maximum Gasteiger partial charge on any atom is 0.118 e. The zero-order valence-electron chi connectivity index (χ0n) is 8.99. The summed E-state index contributed by atoms with van der Waals surface area (Å²) in [6.45, 7) is 3.06. The van der Waals surface area contributed by atoms with Crippen molar-refractivity contribution in [2.75, 3.05) is 6.54 Å². The van der Waals surface area contributed by atoms with Crippen LogP contribution in [0, 0.1) is 6.92 Å². The fourth-order valence-corrected chi connectivity index (χ4v) is 2.03. The van der Waals surface area contributed by atoms with Crippen molar-refractivity contribution in [2.45, 2.75) is 32.2 Å². The molecule has 1 aromatic rings. The minimum absolute atomic E-state index is 0. The van der Waals surface area contributed by atoms with E-state index in [1.165, 1.54) is 24.8 Å². The number of benzene rings is 1. The molecule has 0 saturated carbocycles. The van der Waals surface area contributed by atoms with Gasteiger partial charge >= 0.3 is 0 Å². The summed E-state index contributed by atoms with van der Waals surface area (Å²) in [5, 5.41) is 12.9. The van der Waals surface area contributed by atoms with Crippen LogP contribution in [0.3, 0.4) is 0 Å². The first-order chi connectivity index (χ1) is 6.77. The first-order valence-corrected chi connectivity index (χ1v) is 5.30. The summed E-state index contributed by atoms with van der Waals surface area (Å²) in [6, 6.07) is 6.38. The molecule has 1 aliphatic heterocycles. The van der Waals surface area contributed by atoms with E-state index < -0.39 is 0 Å². The van der Waals surface area contributed by atoms with Gasteiger partial charge in [0.1, 0.15) is 5.75 Å². The first kappa shape index (κ1) is 12.3. The van der Waals surface area contributed by atoms with Crippen molar-refractivity contribution in [3.05, 3.63) is 29.3 Å². The fraction of sp³-hybridized carbons (Fsp3) is 0.500. The van der Waals surface area contributed by atoms with Gasteiger partial charge < -0.3 is 10.4 Å². The predicted molar refractivity (Wildman–Crippen MR) is 64.7 cm³/mol. The van der Waals surface area contributed by atoms with Crippen molar-refractivity contribution in [2.24, 2.45) is 0 Å². The summed E-state index contributed by atoms with van der Waals surface area (Å²) in [7, 11) is 0. The quantitative estimate of drug-likeness (QED) is 0.773. The highest BCUT2D eigenvalue weighted by Crippen LogP contribution is 2.26. The van der Waals surface area contributed by atoms with Gasteiger partial charge in [0.2, 0.25) is 0 Å². The molecule has 1 aliphatic rings. The molecule has 2 rings (SSSR count). The number of phenols is 1. The molecule has 0 bridgehead atoms. The van der Waals surface area contributed by atoms with Crippen LogP contribution in [0.15, 0.2) is 18.2 Å². The van der Waals surface area contributed by atoms with Crippen LogP contribution in [-0.4, -0.2) is 11.7 Å². The second kappa shape index (κ2) is 5.38. The minimum Gasteiger partial charge on any atom is -0.508 e. The van der Waals surface area contributed by atoms with E-state index in [4.69, 9.17) is 0 Å². The van der Waals surface area contributed by atoms with Crippen LogP contribution in [0.1, 0.15) is 36.4 Å². The summed E-state index contributed by atoms with van der Waals surface area (Å²) in [4.78, 5) is 0. The molecule has 1 atom stereocenters. The Balaban J connectivity index is 0.00000112. The van der Waals surface area contributed by atoms with Crippen LogP contribution in [0.5, 0.6) is 5.75 Å². The van der Waals surface area contributed by atoms with Crippen LogP contribution < -0.4 is 5.32 Å². The number of aromatic hydroxyl groups is 1. The summed E-state index contributed by atoms with van der Waals surface area (Å²) in [5.74, 6) is 0.393. The molecule has 2 nitrogen and oxygen atoms in total. The van der Waals surface area contributed by atoms with Crippen LogP contribution in [0.25, 0.3) is 0 Å². The number of nitrogens with one attached hydrogen (secondary N) is 1. The SMILES string of the molecule is Cc1cc([C@H]2CCCCN2)ccc1O.Cl. The van der Waals surface area contributed by atoms with E-state index in [0.717, 1.165) is 12.1 Å². The molecule has 3 heteroatoms. The molecular weight excluding hydrogens is 210 g/mol. The second-order valence-corrected chi connectivity index (χ2v) is 4.05. The number of hydrogen-bond donors (Lipinski definition) is 2. The molecular formula is C12H18ClNO. The van der Waals surface area contributed by atoms with Crippen molar-refractivity contribution in [1.82, 2.24) is 5.32 Å². The Kier molecular flexibility index (Phi) is 4.43. The van der Waals surface area contributed by atoms with E-state index in [2.05, 4.69) is 11.4 Å².